The Labute approximate surface area is 100 Å². The van der Waals surface area contributed by atoms with Crippen LogP contribution >= 0.6 is 0 Å². The van der Waals surface area contributed by atoms with Crippen molar-refractivity contribution in [2.45, 2.75) is 19.8 Å². The van der Waals surface area contributed by atoms with Gasteiger partial charge in [-0.1, -0.05) is 24.3 Å². The lowest BCUT2D eigenvalue weighted by Gasteiger charge is -2.16. The van der Waals surface area contributed by atoms with Gasteiger partial charge in [0.05, 0.1) is 6.61 Å². The molecule has 2 rings (SSSR count). The van der Waals surface area contributed by atoms with Crippen molar-refractivity contribution in [3.63, 3.8) is 0 Å². The van der Waals surface area contributed by atoms with Gasteiger partial charge in [0, 0.05) is 17.2 Å². The third kappa shape index (κ3) is 2.44. The molecule has 0 radical (unpaired) electrons. The molecule has 0 fully saturated rings. The molecular formula is C14H14O3. The van der Waals surface area contributed by atoms with E-state index in [1.807, 2.05) is 18.2 Å². The van der Waals surface area contributed by atoms with E-state index in [9.17, 15) is 9.59 Å². The SMILES string of the molecule is CCOC(=O)/C=C1\CCc2ccccc2C1=O. The fourth-order valence-electron chi connectivity index (χ4n) is 1.98. The van der Waals surface area contributed by atoms with Gasteiger partial charge in [-0.2, -0.15) is 0 Å². The summed E-state index contributed by atoms with van der Waals surface area (Å²) >= 11 is 0. The minimum absolute atomic E-state index is 0.0556. The second-order valence-electron chi connectivity index (χ2n) is 3.91. The van der Waals surface area contributed by atoms with Crippen LogP contribution in [0.1, 0.15) is 29.3 Å². The second-order valence-corrected chi connectivity index (χ2v) is 3.91. The molecule has 3 nitrogen and oxygen atoms in total. The molecule has 0 aromatic heterocycles. The lowest BCUT2D eigenvalue weighted by atomic mass is 9.87. The summed E-state index contributed by atoms with van der Waals surface area (Å²) in [6, 6.07) is 7.51. The van der Waals surface area contributed by atoms with Crippen LogP contribution in [-0.2, 0) is 16.0 Å². The first kappa shape index (κ1) is 11.6. The summed E-state index contributed by atoms with van der Waals surface area (Å²) in [6.07, 6.45) is 2.73. The topological polar surface area (TPSA) is 43.4 Å². The first-order valence-electron chi connectivity index (χ1n) is 5.72. The van der Waals surface area contributed by atoms with Crippen molar-refractivity contribution in [3.8, 4) is 0 Å². The van der Waals surface area contributed by atoms with E-state index in [0.717, 1.165) is 12.0 Å². The Morgan fingerprint density at radius 1 is 1.35 bits per heavy atom. The highest BCUT2D eigenvalue weighted by molar-refractivity contribution is 6.12. The average Bonchev–Trinajstić information content (AvgIpc) is 2.33. The van der Waals surface area contributed by atoms with Gasteiger partial charge in [0.2, 0.25) is 0 Å². The largest absolute Gasteiger partial charge is 0.463 e. The first-order valence-corrected chi connectivity index (χ1v) is 5.72. The second kappa shape index (κ2) is 4.95. The average molecular weight is 230 g/mol. The van der Waals surface area contributed by atoms with Gasteiger partial charge < -0.3 is 4.74 Å². The van der Waals surface area contributed by atoms with Crippen LogP contribution in [0.25, 0.3) is 0 Å². The molecule has 3 heteroatoms. The number of carbonyl (C=O) groups is 2. The molecular weight excluding hydrogens is 216 g/mol. The maximum atomic E-state index is 12.1. The zero-order valence-corrected chi connectivity index (χ0v) is 9.73. The van der Waals surface area contributed by atoms with Gasteiger partial charge in [-0.15, -0.1) is 0 Å². The quantitative estimate of drug-likeness (QED) is 0.578. The van der Waals surface area contributed by atoms with E-state index in [-0.39, 0.29) is 5.78 Å². The van der Waals surface area contributed by atoms with Gasteiger partial charge in [-0.3, -0.25) is 4.79 Å². The molecule has 0 saturated carbocycles. The number of benzene rings is 1. The van der Waals surface area contributed by atoms with Crippen LogP contribution < -0.4 is 0 Å². The van der Waals surface area contributed by atoms with Gasteiger partial charge in [0.25, 0.3) is 0 Å². The maximum Gasteiger partial charge on any atom is 0.331 e. The van der Waals surface area contributed by atoms with Crippen LogP contribution in [-0.4, -0.2) is 18.4 Å². The number of allylic oxidation sites excluding steroid dienone is 1. The number of rotatable bonds is 2. The Balaban J connectivity index is 2.26. The molecule has 88 valence electrons. The zero-order valence-electron chi connectivity index (χ0n) is 9.73. The lowest BCUT2D eigenvalue weighted by molar-refractivity contribution is -0.137. The summed E-state index contributed by atoms with van der Waals surface area (Å²) < 4.78 is 4.81. The van der Waals surface area contributed by atoms with Crippen LogP contribution in [0.3, 0.4) is 0 Å². The fourth-order valence-corrected chi connectivity index (χ4v) is 1.98. The normalized spacial score (nSPS) is 16.8. The van der Waals surface area contributed by atoms with Crippen molar-refractivity contribution in [2.24, 2.45) is 0 Å². The molecule has 1 aromatic rings. The van der Waals surface area contributed by atoms with Crippen molar-refractivity contribution in [1.29, 1.82) is 0 Å². The lowest BCUT2D eigenvalue weighted by Crippen LogP contribution is -2.15. The van der Waals surface area contributed by atoms with E-state index in [4.69, 9.17) is 4.74 Å². The molecule has 0 bridgehead atoms. The zero-order chi connectivity index (χ0) is 12.3. The van der Waals surface area contributed by atoms with Crippen molar-refractivity contribution >= 4 is 11.8 Å². The number of ketones is 1. The number of Topliss-reactive ketones (excluding diaryl/α,β-unsaturated/α-hetero) is 1. The van der Waals surface area contributed by atoms with E-state index in [0.29, 0.717) is 24.2 Å². The highest BCUT2D eigenvalue weighted by atomic mass is 16.5. The number of fused-ring (bicyclic) bond motifs is 1. The van der Waals surface area contributed by atoms with Gasteiger partial charge in [-0.25, -0.2) is 4.79 Å². The number of aryl methyl sites for hydroxylation is 1. The summed E-state index contributed by atoms with van der Waals surface area (Å²) in [5.41, 5.74) is 2.30. The minimum atomic E-state index is -0.435. The molecule has 1 aliphatic rings. The number of ether oxygens (including phenoxy) is 1. The Hall–Kier alpha value is -1.90. The summed E-state index contributed by atoms with van der Waals surface area (Å²) in [4.78, 5) is 23.4. The third-order valence-electron chi connectivity index (χ3n) is 2.80. The highest BCUT2D eigenvalue weighted by Crippen LogP contribution is 2.24. The highest BCUT2D eigenvalue weighted by Gasteiger charge is 2.22. The summed E-state index contributed by atoms with van der Waals surface area (Å²) in [5, 5.41) is 0. The van der Waals surface area contributed by atoms with Crippen LogP contribution in [0.15, 0.2) is 35.9 Å². The van der Waals surface area contributed by atoms with Crippen molar-refractivity contribution < 1.29 is 14.3 Å². The molecule has 0 unspecified atom stereocenters. The number of esters is 1. The van der Waals surface area contributed by atoms with E-state index in [1.165, 1.54) is 6.08 Å². The number of carbonyl (C=O) groups excluding carboxylic acids is 2. The van der Waals surface area contributed by atoms with Crippen LogP contribution in [0.4, 0.5) is 0 Å². The Bertz CT molecular complexity index is 486. The Kier molecular flexibility index (Phi) is 3.38. The molecule has 17 heavy (non-hydrogen) atoms. The maximum absolute atomic E-state index is 12.1. The Morgan fingerprint density at radius 2 is 2.12 bits per heavy atom. The number of hydrogen-bond donors (Lipinski definition) is 0. The van der Waals surface area contributed by atoms with Crippen molar-refractivity contribution in [3.05, 3.63) is 47.0 Å². The molecule has 1 aromatic carbocycles. The smallest absolute Gasteiger partial charge is 0.331 e. The van der Waals surface area contributed by atoms with Gasteiger partial charge >= 0.3 is 5.97 Å². The van der Waals surface area contributed by atoms with Gasteiger partial charge in [-0.05, 0) is 25.3 Å². The first-order chi connectivity index (χ1) is 8.22. The van der Waals surface area contributed by atoms with Crippen molar-refractivity contribution in [2.75, 3.05) is 6.61 Å². The molecule has 0 saturated heterocycles. The molecule has 0 spiro atoms. The predicted octanol–water partition coefficient (Wildman–Crippen LogP) is 2.31. The third-order valence-corrected chi connectivity index (χ3v) is 2.80. The Morgan fingerprint density at radius 3 is 2.88 bits per heavy atom. The number of hydrogen-bond acceptors (Lipinski definition) is 3. The molecule has 0 atom stereocenters. The molecule has 1 aliphatic carbocycles. The standard InChI is InChI=1S/C14H14O3/c1-2-17-13(15)9-11-8-7-10-5-3-4-6-12(10)14(11)16/h3-6,9H,2,7-8H2,1H3/b11-9+. The molecule has 0 amide bonds. The van der Waals surface area contributed by atoms with Crippen LogP contribution in [0, 0.1) is 0 Å². The monoisotopic (exact) mass is 230 g/mol. The molecule has 0 N–H and O–H groups in total. The summed E-state index contributed by atoms with van der Waals surface area (Å²) in [6.45, 7) is 2.07. The minimum Gasteiger partial charge on any atom is -0.463 e. The van der Waals surface area contributed by atoms with Crippen molar-refractivity contribution in [1.82, 2.24) is 0 Å². The van der Waals surface area contributed by atoms with E-state index in [1.54, 1.807) is 13.0 Å². The van der Waals surface area contributed by atoms with Crippen LogP contribution in [0.5, 0.6) is 0 Å². The summed E-state index contributed by atoms with van der Waals surface area (Å²) in [5.74, 6) is -0.491. The van der Waals surface area contributed by atoms with Gasteiger partial charge in [0.15, 0.2) is 5.78 Å². The van der Waals surface area contributed by atoms with Crippen LogP contribution in [0.2, 0.25) is 0 Å². The van der Waals surface area contributed by atoms with E-state index >= 15 is 0 Å². The predicted molar refractivity (Wildman–Crippen MR) is 63.8 cm³/mol. The van der Waals surface area contributed by atoms with E-state index in [2.05, 4.69) is 0 Å². The molecule has 0 heterocycles. The summed E-state index contributed by atoms with van der Waals surface area (Å²) in [7, 11) is 0. The van der Waals surface area contributed by atoms with E-state index < -0.39 is 5.97 Å². The van der Waals surface area contributed by atoms with Gasteiger partial charge in [0.1, 0.15) is 0 Å². The fraction of sp³-hybridized carbons (Fsp3) is 0.286. The molecule has 0 aliphatic heterocycles.